The van der Waals surface area contributed by atoms with Crippen LogP contribution < -0.4 is 4.72 Å². The zero-order valence-corrected chi connectivity index (χ0v) is 13.8. The van der Waals surface area contributed by atoms with Gasteiger partial charge in [0.25, 0.3) is 5.89 Å². The Kier molecular flexibility index (Phi) is 4.85. The summed E-state index contributed by atoms with van der Waals surface area (Å²) in [6.07, 6.45) is 0.459. The molecule has 0 amide bonds. The smallest absolute Gasteiger partial charge is 0.257 e. The zero-order valence-electron chi connectivity index (χ0n) is 12.2. The third-order valence-electron chi connectivity index (χ3n) is 3.14. The van der Waals surface area contributed by atoms with Gasteiger partial charge in [0.05, 0.1) is 17.2 Å². The fraction of sp³-hybridized carbons (Fsp3) is 0.200. The van der Waals surface area contributed by atoms with Crippen molar-refractivity contribution in [3.63, 3.8) is 0 Å². The molecule has 0 fully saturated rings. The van der Waals surface area contributed by atoms with Crippen molar-refractivity contribution in [2.45, 2.75) is 13.0 Å². The molecule has 2 aromatic heterocycles. The molecule has 0 bridgehead atoms. The van der Waals surface area contributed by atoms with E-state index in [0.717, 1.165) is 10.4 Å². The number of aromatic nitrogens is 2. The van der Waals surface area contributed by atoms with Gasteiger partial charge in [-0.3, -0.25) is 0 Å². The Balaban J connectivity index is 1.55. The minimum Gasteiger partial charge on any atom is -0.418 e. The Morgan fingerprint density at radius 2 is 1.91 bits per heavy atom. The number of sulfonamides is 1. The molecule has 0 spiro atoms. The van der Waals surface area contributed by atoms with Gasteiger partial charge in [0.1, 0.15) is 0 Å². The molecule has 1 aromatic carbocycles. The predicted molar refractivity (Wildman–Crippen MR) is 88.4 cm³/mol. The molecule has 120 valence electrons. The molecule has 3 aromatic rings. The van der Waals surface area contributed by atoms with Gasteiger partial charge in [-0.05, 0) is 23.4 Å². The average Bonchev–Trinajstić information content (AvgIpc) is 3.23. The highest BCUT2D eigenvalue weighted by Gasteiger charge is 2.14. The largest absolute Gasteiger partial charge is 0.418 e. The fourth-order valence-corrected chi connectivity index (χ4v) is 3.60. The molecule has 6 nitrogen and oxygen atoms in total. The molecule has 1 N–H and O–H groups in total. The van der Waals surface area contributed by atoms with Gasteiger partial charge in [-0.1, -0.05) is 36.4 Å². The van der Waals surface area contributed by atoms with E-state index in [4.69, 9.17) is 4.42 Å². The zero-order chi connectivity index (χ0) is 16.1. The molecule has 0 unspecified atom stereocenters. The van der Waals surface area contributed by atoms with E-state index in [9.17, 15) is 8.42 Å². The van der Waals surface area contributed by atoms with E-state index in [1.807, 2.05) is 47.8 Å². The Hall–Kier alpha value is -2.03. The molecule has 0 radical (unpaired) electrons. The number of hydrogen-bond donors (Lipinski definition) is 1. The van der Waals surface area contributed by atoms with E-state index >= 15 is 0 Å². The van der Waals surface area contributed by atoms with Crippen LogP contribution in [0.1, 0.15) is 11.5 Å². The molecule has 0 aliphatic rings. The first-order chi connectivity index (χ1) is 11.1. The first-order valence-electron chi connectivity index (χ1n) is 7.00. The number of benzene rings is 1. The van der Waals surface area contributed by atoms with E-state index < -0.39 is 10.0 Å². The van der Waals surface area contributed by atoms with Crippen LogP contribution in [0.3, 0.4) is 0 Å². The van der Waals surface area contributed by atoms with E-state index in [1.165, 1.54) is 11.3 Å². The van der Waals surface area contributed by atoms with Crippen molar-refractivity contribution in [1.29, 1.82) is 0 Å². The van der Waals surface area contributed by atoms with Crippen LogP contribution in [0, 0.1) is 0 Å². The monoisotopic (exact) mass is 349 g/mol. The summed E-state index contributed by atoms with van der Waals surface area (Å²) in [7, 11) is -3.40. The third kappa shape index (κ3) is 4.47. The highest BCUT2D eigenvalue weighted by molar-refractivity contribution is 7.89. The average molecular weight is 349 g/mol. The molecule has 2 heterocycles. The maximum atomic E-state index is 12.0. The Bertz CT molecular complexity index is 843. The summed E-state index contributed by atoms with van der Waals surface area (Å²) in [5.74, 6) is 0.665. The summed E-state index contributed by atoms with van der Waals surface area (Å²) in [5, 5.41) is 9.68. The highest BCUT2D eigenvalue weighted by atomic mass is 32.2. The number of nitrogens with one attached hydrogen (secondary N) is 1. The summed E-state index contributed by atoms with van der Waals surface area (Å²) < 4.78 is 32.0. The molecular formula is C15H15N3O3S2. The Morgan fingerprint density at radius 3 is 2.65 bits per heavy atom. The lowest BCUT2D eigenvalue weighted by Gasteiger charge is -2.04. The van der Waals surface area contributed by atoms with Crippen LogP contribution in [0.4, 0.5) is 0 Å². The van der Waals surface area contributed by atoms with Gasteiger partial charge < -0.3 is 4.42 Å². The lowest BCUT2D eigenvalue weighted by molar-refractivity contribution is 0.495. The molecule has 23 heavy (non-hydrogen) atoms. The van der Waals surface area contributed by atoms with Crippen molar-refractivity contribution in [2.24, 2.45) is 0 Å². The molecule has 0 aliphatic carbocycles. The minimum absolute atomic E-state index is 0.00447. The number of nitrogens with zero attached hydrogens (tertiary/aromatic N) is 2. The normalized spacial score (nSPS) is 11.7. The third-order valence-corrected chi connectivity index (χ3v) is 5.33. The summed E-state index contributed by atoms with van der Waals surface area (Å²) in [6, 6.07) is 13.2. The fourth-order valence-electron chi connectivity index (χ4n) is 1.97. The van der Waals surface area contributed by atoms with E-state index in [0.29, 0.717) is 12.3 Å². The molecular weight excluding hydrogens is 334 g/mol. The first kappa shape index (κ1) is 15.9. The lowest BCUT2D eigenvalue weighted by atomic mass is 10.2. The molecule has 0 aliphatic heterocycles. The molecule has 8 heteroatoms. The van der Waals surface area contributed by atoms with E-state index in [-0.39, 0.29) is 18.2 Å². The SMILES string of the molecule is O=S(=O)(CCc1ccccc1)NCc1nnc(-c2cccs2)o1. The lowest BCUT2D eigenvalue weighted by Crippen LogP contribution is -2.27. The second-order valence-corrected chi connectivity index (χ2v) is 7.73. The second kappa shape index (κ2) is 7.03. The van der Waals surface area contributed by atoms with Gasteiger partial charge in [-0.25, -0.2) is 13.1 Å². The van der Waals surface area contributed by atoms with Crippen molar-refractivity contribution in [3.8, 4) is 10.8 Å². The van der Waals surface area contributed by atoms with Crippen molar-refractivity contribution in [2.75, 3.05) is 5.75 Å². The Labute approximate surface area is 138 Å². The quantitative estimate of drug-likeness (QED) is 0.708. The van der Waals surface area contributed by atoms with Gasteiger partial charge in [0.2, 0.25) is 15.9 Å². The van der Waals surface area contributed by atoms with Crippen LogP contribution in [0.5, 0.6) is 0 Å². The van der Waals surface area contributed by atoms with Crippen LogP contribution in [-0.4, -0.2) is 24.4 Å². The molecule has 0 saturated carbocycles. The Morgan fingerprint density at radius 1 is 1.09 bits per heavy atom. The standard InChI is InChI=1S/C15H15N3O3S2/c19-23(20,10-8-12-5-2-1-3-6-12)16-11-14-17-18-15(21-14)13-7-4-9-22-13/h1-7,9,16H,8,10-11H2. The topological polar surface area (TPSA) is 85.1 Å². The highest BCUT2D eigenvalue weighted by Crippen LogP contribution is 2.22. The predicted octanol–water partition coefficient (Wildman–Crippen LogP) is 2.46. The van der Waals surface area contributed by atoms with Gasteiger partial charge in [-0.15, -0.1) is 21.5 Å². The number of aryl methyl sites for hydroxylation is 1. The van der Waals surface area contributed by atoms with Crippen LogP contribution in [0.2, 0.25) is 0 Å². The van der Waals surface area contributed by atoms with Crippen LogP contribution >= 0.6 is 11.3 Å². The van der Waals surface area contributed by atoms with Crippen LogP contribution in [0.15, 0.2) is 52.3 Å². The number of hydrogen-bond acceptors (Lipinski definition) is 6. The molecule has 0 atom stereocenters. The summed E-state index contributed by atoms with van der Waals surface area (Å²) in [4.78, 5) is 0.857. The van der Waals surface area contributed by atoms with Gasteiger partial charge in [0, 0.05) is 0 Å². The second-order valence-electron chi connectivity index (χ2n) is 4.85. The molecule has 3 rings (SSSR count). The van der Waals surface area contributed by atoms with E-state index in [2.05, 4.69) is 14.9 Å². The minimum atomic E-state index is -3.40. The van der Waals surface area contributed by atoms with Crippen molar-refractivity contribution >= 4 is 21.4 Å². The van der Waals surface area contributed by atoms with Gasteiger partial charge >= 0.3 is 0 Å². The maximum absolute atomic E-state index is 12.0. The van der Waals surface area contributed by atoms with Crippen LogP contribution in [0.25, 0.3) is 10.8 Å². The summed E-state index contributed by atoms with van der Waals surface area (Å²) >= 11 is 1.48. The van der Waals surface area contributed by atoms with Crippen molar-refractivity contribution in [1.82, 2.24) is 14.9 Å². The summed E-state index contributed by atoms with van der Waals surface area (Å²) in [5.41, 5.74) is 0.982. The first-order valence-corrected chi connectivity index (χ1v) is 9.53. The van der Waals surface area contributed by atoms with Gasteiger partial charge in [-0.2, -0.15) is 0 Å². The summed E-state index contributed by atoms with van der Waals surface area (Å²) in [6.45, 7) is -0.00447. The van der Waals surface area contributed by atoms with Crippen LogP contribution in [-0.2, 0) is 23.0 Å². The van der Waals surface area contributed by atoms with Crippen molar-refractivity contribution in [3.05, 3.63) is 59.3 Å². The van der Waals surface area contributed by atoms with Crippen molar-refractivity contribution < 1.29 is 12.8 Å². The maximum Gasteiger partial charge on any atom is 0.257 e. The number of rotatable bonds is 7. The number of thiophene rings is 1. The molecule has 0 saturated heterocycles. The van der Waals surface area contributed by atoms with Gasteiger partial charge in [0.15, 0.2) is 0 Å². The van der Waals surface area contributed by atoms with E-state index in [1.54, 1.807) is 0 Å².